The molecule has 0 amide bonds. The summed E-state index contributed by atoms with van der Waals surface area (Å²) in [6, 6.07) is 0. The summed E-state index contributed by atoms with van der Waals surface area (Å²) in [4.78, 5) is 2.88. The second-order valence-electron chi connectivity index (χ2n) is 8.81. The third-order valence-corrected chi connectivity index (χ3v) is 6.13. The molecule has 3 aliphatic carbocycles. The fourth-order valence-corrected chi connectivity index (χ4v) is 4.62. The van der Waals surface area contributed by atoms with Crippen molar-refractivity contribution in [3.63, 3.8) is 0 Å². The van der Waals surface area contributed by atoms with Gasteiger partial charge in [0.1, 0.15) is 0 Å². The van der Waals surface area contributed by atoms with Gasteiger partial charge in [0.2, 0.25) is 0 Å². The van der Waals surface area contributed by atoms with E-state index in [0.717, 1.165) is 30.2 Å². The molecule has 2 unspecified atom stereocenters. The van der Waals surface area contributed by atoms with E-state index in [0.29, 0.717) is 5.54 Å². The van der Waals surface area contributed by atoms with Gasteiger partial charge in [-0.05, 0) is 68.6 Å². The average Bonchev–Trinajstić information content (AvgIpc) is 3.32. The maximum Gasteiger partial charge on any atom is 0.0334 e. The first-order valence-electron chi connectivity index (χ1n) is 9.56. The molecule has 3 fully saturated rings. The van der Waals surface area contributed by atoms with E-state index in [2.05, 4.69) is 18.7 Å². The van der Waals surface area contributed by atoms with Gasteiger partial charge in [-0.25, -0.2) is 0 Å². The van der Waals surface area contributed by atoms with Crippen LogP contribution in [-0.4, -0.2) is 30.1 Å². The van der Waals surface area contributed by atoms with Crippen molar-refractivity contribution in [2.45, 2.75) is 77.2 Å². The van der Waals surface area contributed by atoms with Gasteiger partial charge in [0.25, 0.3) is 0 Å². The molecule has 0 radical (unpaired) electrons. The van der Waals surface area contributed by atoms with Crippen LogP contribution in [0.5, 0.6) is 0 Å². The zero-order valence-corrected chi connectivity index (χ0v) is 14.3. The smallest absolute Gasteiger partial charge is 0.0334 e. The number of nitrogens with two attached hydrogens (primary N) is 1. The van der Waals surface area contributed by atoms with Gasteiger partial charge in [0.05, 0.1) is 0 Å². The topological polar surface area (TPSA) is 29.3 Å². The standard InChI is InChI=1S/C19H36N2/c1-15(2)10-18-4-3-9-19(11-18,14-20)21(12-16-5-6-16)13-17-7-8-17/h15-18H,3-14,20H2,1-2H3. The van der Waals surface area contributed by atoms with E-state index >= 15 is 0 Å². The highest BCUT2D eigenvalue weighted by Gasteiger charge is 2.43. The highest BCUT2D eigenvalue weighted by Crippen LogP contribution is 2.43. The second kappa shape index (κ2) is 6.58. The molecule has 2 nitrogen and oxygen atoms in total. The molecule has 0 aromatic heterocycles. The molecule has 2 N–H and O–H groups in total. The molecule has 0 aliphatic heterocycles. The van der Waals surface area contributed by atoms with Crippen molar-refractivity contribution in [2.75, 3.05) is 19.6 Å². The minimum atomic E-state index is 0.350. The number of nitrogens with zero attached hydrogens (tertiary/aromatic N) is 1. The molecule has 2 heteroatoms. The molecule has 2 atom stereocenters. The first kappa shape index (κ1) is 15.8. The normalized spacial score (nSPS) is 33.9. The van der Waals surface area contributed by atoms with E-state index in [4.69, 9.17) is 5.73 Å². The molecule has 0 heterocycles. The second-order valence-corrected chi connectivity index (χ2v) is 8.81. The van der Waals surface area contributed by atoms with Crippen molar-refractivity contribution in [2.24, 2.45) is 29.4 Å². The fourth-order valence-electron chi connectivity index (χ4n) is 4.62. The van der Waals surface area contributed by atoms with Crippen LogP contribution in [0.3, 0.4) is 0 Å². The molecule has 0 saturated heterocycles. The minimum Gasteiger partial charge on any atom is -0.329 e. The monoisotopic (exact) mass is 292 g/mol. The summed E-state index contributed by atoms with van der Waals surface area (Å²) in [6.07, 6.45) is 12.9. The largest absolute Gasteiger partial charge is 0.329 e. The molecule has 3 aliphatic rings. The van der Waals surface area contributed by atoms with Crippen LogP contribution in [0, 0.1) is 23.7 Å². The Labute approximate surface area is 131 Å². The quantitative estimate of drug-likeness (QED) is 0.731. The van der Waals surface area contributed by atoms with Gasteiger partial charge in [-0.3, -0.25) is 4.90 Å². The predicted molar refractivity (Wildman–Crippen MR) is 90.2 cm³/mol. The van der Waals surface area contributed by atoms with Crippen LogP contribution < -0.4 is 5.73 Å². The van der Waals surface area contributed by atoms with Crippen molar-refractivity contribution in [1.82, 2.24) is 4.90 Å². The average molecular weight is 293 g/mol. The lowest BCUT2D eigenvalue weighted by atomic mass is 9.72. The van der Waals surface area contributed by atoms with Crippen LogP contribution in [0.15, 0.2) is 0 Å². The molecule has 122 valence electrons. The molecular formula is C19H36N2. The first-order valence-corrected chi connectivity index (χ1v) is 9.56. The van der Waals surface area contributed by atoms with Gasteiger partial charge >= 0.3 is 0 Å². The predicted octanol–water partition coefficient (Wildman–Crippen LogP) is 4.04. The molecule has 21 heavy (non-hydrogen) atoms. The summed E-state index contributed by atoms with van der Waals surface area (Å²) in [5.41, 5.74) is 6.73. The summed E-state index contributed by atoms with van der Waals surface area (Å²) in [5, 5.41) is 0. The Morgan fingerprint density at radius 3 is 2.10 bits per heavy atom. The summed E-state index contributed by atoms with van der Waals surface area (Å²) >= 11 is 0. The Bertz CT molecular complexity index is 318. The first-order chi connectivity index (χ1) is 10.1. The van der Waals surface area contributed by atoms with Crippen LogP contribution in [0.1, 0.15) is 71.6 Å². The summed E-state index contributed by atoms with van der Waals surface area (Å²) in [7, 11) is 0. The summed E-state index contributed by atoms with van der Waals surface area (Å²) in [6.45, 7) is 8.35. The van der Waals surface area contributed by atoms with Crippen molar-refractivity contribution >= 4 is 0 Å². The van der Waals surface area contributed by atoms with E-state index in [9.17, 15) is 0 Å². The van der Waals surface area contributed by atoms with Gasteiger partial charge in [-0.1, -0.05) is 26.7 Å². The molecule has 3 saturated carbocycles. The Kier molecular flexibility index (Phi) is 4.95. The van der Waals surface area contributed by atoms with Crippen molar-refractivity contribution in [1.29, 1.82) is 0 Å². The molecule has 0 aromatic rings. The maximum atomic E-state index is 6.38. The fraction of sp³-hybridized carbons (Fsp3) is 1.00. The maximum absolute atomic E-state index is 6.38. The van der Waals surface area contributed by atoms with Crippen LogP contribution >= 0.6 is 0 Å². The van der Waals surface area contributed by atoms with Crippen LogP contribution in [0.25, 0.3) is 0 Å². The lowest BCUT2D eigenvalue weighted by molar-refractivity contribution is 0.0239. The zero-order chi connectivity index (χ0) is 14.9. The van der Waals surface area contributed by atoms with E-state index in [-0.39, 0.29) is 0 Å². The third kappa shape index (κ3) is 4.22. The molecule has 0 aromatic carbocycles. The SMILES string of the molecule is CC(C)CC1CCCC(CN)(N(CC2CC2)CC2CC2)C1. The Balaban J connectivity index is 1.68. The van der Waals surface area contributed by atoms with Gasteiger partial charge in [0.15, 0.2) is 0 Å². The lowest BCUT2D eigenvalue weighted by Crippen LogP contribution is -2.57. The Morgan fingerprint density at radius 2 is 1.62 bits per heavy atom. The van der Waals surface area contributed by atoms with Crippen LogP contribution in [-0.2, 0) is 0 Å². The minimum absolute atomic E-state index is 0.350. The molecule has 3 rings (SSSR count). The van der Waals surface area contributed by atoms with E-state index < -0.39 is 0 Å². The number of hydrogen-bond acceptors (Lipinski definition) is 2. The molecule has 0 bridgehead atoms. The van der Waals surface area contributed by atoms with Crippen LogP contribution in [0.2, 0.25) is 0 Å². The van der Waals surface area contributed by atoms with Gasteiger partial charge < -0.3 is 5.73 Å². The van der Waals surface area contributed by atoms with Crippen molar-refractivity contribution in [3.8, 4) is 0 Å². The van der Waals surface area contributed by atoms with Crippen LogP contribution in [0.4, 0.5) is 0 Å². The Hall–Kier alpha value is -0.0800. The Morgan fingerprint density at radius 1 is 1.00 bits per heavy atom. The highest BCUT2D eigenvalue weighted by atomic mass is 15.2. The van der Waals surface area contributed by atoms with E-state index in [1.165, 1.54) is 70.9 Å². The number of hydrogen-bond donors (Lipinski definition) is 1. The van der Waals surface area contributed by atoms with E-state index in [1.807, 2.05) is 0 Å². The van der Waals surface area contributed by atoms with E-state index in [1.54, 1.807) is 0 Å². The third-order valence-electron chi connectivity index (χ3n) is 6.13. The lowest BCUT2D eigenvalue weighted by Gasteiger charge is -2.49. The van der Waals surface area contributed by atoms with Crippen molar-refractivity contribution < 1.29 is 0 Å². The highest BCUT2D eigenvalue weighted by molar-refractivity contribution is 4.99. The summed E-state index contributed by atoms with van der Waals surface area (Å²) in [5.74, 6) is 3.75. The molecule has 0 spiro atoms. The zero-order valence-electron chi connectivity index (χ0n) is 14.3. The number of rotatable bonds is 8. The van der Waals surface area contributed by atoms with Gasteiger partial charge in [-0.2, -0.15) is 0 Å². The van der Waals surface area contributed by atoms with Gasteiger partial charge in [-0.15, -0.1) is 0 Å². The van der Waals surface area contributed by atoms with Crippen molar-refractivity contribution in [3.05, 3.63) is 0 Å². The molecular weight excluding hydrogens is 256 g/mol. The van der Waals surface area contributed by atoms with Gasteiger partial charge in [0, 0.05) is 25.2 Å². The summed E-state index contributed by atoms with van der Waals surface area (Å²) < 4.78 is 0.